The van der Waals surface area contributed by atoms with E-state index in [1.807, 2.05) is 55.5 Å². The fourth-order valence-electron chi connectivity index (χ4n) is 4.74. The first-order valence-electron chi connectivity index (χ1n) is 11.2. The van der Waals surface area contributed by atoms with Crippen molar-refractivity contribution < 1.29 is 14.1 Å². The number of amides is 3. The zero-order chi connectivity index (χ0) is 22.0. The minimum absolute atomic E-state index is 0.0330. The Morgan fingerprint density at radius 3 is 2.61 bits per heavy atom. The molecule has 1 unspecified atom stereocenters. The number of quaternary nitrogens is 1. The number of nitrogens with zero attached hydrogens (tertiary/aromatic N) is 2. The highest BCUT2D eigenvalue weighted by Gasteiger charge is 2.52. The van der Waals surface area contributed by atoms with Gasteiger partial charge in [-0.2, -0.15) is 4.48 Å². The molecule has 1 fully saturated rings. The van der Waals surface area contributed by atoms with Crippen LogP contribution in [-0.4, -0.2) is 39.0 Å². The molecule has 162 valence electrons. The molecule has 6 nitrogen and oxygen atoms in total. The molecule has 0 radical (unpaired) electrons. The van der Waals surface area contributed by atoms with Crippen molar-refractivity contribution in [2.24, 2.45) is 0 Å². The van der Waals surface area contributed by atoms with E-state index in [2.05, 4.69) is 29.1 Å². The number of imidazole rings is 1. The maximum atomic E-state index is 13.5. The first kappa shape index (κ1) is 21.2. The van der Waals surface area contributed by atoms with Gasteiger partial charge in [-0.1, -0.05) is 44.2 Å². The van der Waals surface area contributed by atoms with Gasteiger partial charge in [0.2, 0.25) is 0 Å². The van der Waals surface area contributed by atoms with Gasteiger partial charge in [0.1, 0.15) is 11.9 Å². The van der Waals surface area contributed by atoms with Crippen molar-refractivity contribution in [3.63, 3.8) is 0 Å². The lowest BCUT2D eigenvalue weighted by atomic mass is 10.0. The van der Waals surface area contributed by atoms with Crippen LogP contribution in [0.5, 0.6) is 0 Å². The number of hydrogen-bond acceptors (Lipinski definition) is 3. The van der Waals surface area contributed by atoms with Crippen LogP contribution in [0.25, 0.3) is 11.0 Å². The predicted molar refractivity (Wildman–Crippen MR) is 123 cm³/mol. The van der Waals surface area contributed by atoms with Crippen LogP contribution in [-0.2, 0) is 11.2 Å². The third-order valence-corrected chi connectivity index (χ3v) is 6.53. The molecule has 1 saturated heterocycles. The number of likely N-dealkylation sites (tertiary alicyclic amines) is 1. The highest BCUT2D eigenvalue weighted by Crippen LogP contribution is 2.32. The Hall–Kier alpha value is -2.99. The van der Waals surface area contributed by atoms with Gasteiger partial charge >= 0.3 is 11.9 Å². The first-order chi connectivity index (χ1) is 14.9. The number of nitrogens with one attached hydrogen (secondary N) is 2. The van der Waals surface area contributed by atoms with E-state index in [0.29, 0.717) is 13.0 Å². The average Bonchev–Trinajstić information content (AvgIpc) is 3.35. The molecule has 0 spiro atoms. The summed E-state index contributed by atoms with van der Waals surface area (Å²) in [5, 5.41) is 3.09. The topological polar surface area (TPSA) is 74.8 Å². The molecule has 3 amide bonds. The minimum atomic E-state index is -0.215. The van der Waals surface area contributed by atoms with Gasteiger partial charge in [0.25, 0.3) is 0 Å². The molecule has 2 atom stereocenters. The Balaban J connectivity index is 1.54. The third-order valence-electron chi connectivity index (χ3n) is 6.53. The van der Waals surface area contributed by atoms with Crippen molar-refractivity contribution in [3.05, 3.63) is 59.9 Å². The van der Waals surface area contributed by atoms with E-state index in [4.69, 9.17) is 0 Å². The number of anilines is 1. The van der Waals surface area contributed by atoms with Crippen molar-refractivity contribution in [1.82, 2.24) is 9.97 Å². The molecule has 0 saturated carbocycles. The number of aromatic amines is 1. The van der Waals surface area contributed by atoms with Crippen molar-refractivity contribution in [3.8, 4) is 0 Å². The molecule has 0 bridgehead atoms. The lowest BCUT2D eigenvalue weighted by Crippen LogP contribution is -2.60. The number of carbonyl (C=O) groups excluding carboxylic acids is 2. The molecule has 4 rings (SSSR count). The molecular weight excluding hydrogens is 388 g/mol. The normalized spacial score (nSPS) is 21.0. The van der Waals surface area contributed by atoms with Gasteiger partial charge in [0.15, 0.2) is 0 Å². The second-order valence-electron chi connectivity index (χ2n) is 8.85. The number of carbonyl (C=O) groups is 2. The fraction of sp³-hybridized carbons (Fsp3) is 0.400. The first-order valence-corrected chi connectivity index (χ1v) is 11.2. The smallest absolute Gasteiger partial charge is 0.342 e. The second-order valence-corrected chi connectivity index (χ2v) is 8.85. The molecule has 3 aromatic rings. The Labute approximate surface area is 183 Å². The maximum Gasteiger partial charge on any atom is 0.428 e. The van der Waals surface area contributed by atoms with E-state index >= 15 is 0 Å². The maximum absolute atomic E-state index is 13.5. The zero-order valence-electron chi connectivity index (χ0n) is 18.5. The summed E-state index contributed by atoms with van der Waals surface area (Å²) in [5.74, 6) is 1.03. The predicted octanol–water partition coefficient (Wildman–Crippen LogP) is 5.38. The largest absolute Gasteiger partial charge is 0.428 e. The van der Waals surface area contributed by atoms with Crippen LogP contribution >= 0.6 is 0 Å². The quantitative estimate of drug-likeness (QED) is 0.546. The highest BCUT2D eigenvalue weighted by molar-refractivity contribution is 5.93. The second kappa shape index (κ2) is 8.63. The van der Waals surface area contributed by atoms with E-state index < -0.39 is 0 Å². The van der Waals surface area contributed by atoms with Crippen LogP contribution in [0.4, 0.5) is 10.5 Å². The van der Waals surface area contributed by atoms with E-state index in [1.54, 1.807) is 0 Å². The molecule has 1 aromatic heterocycles. The number of benzene rings is 2. The number of rotatable bonds is 5. The molecule has 2 heterocycles. The average molecular weight is 420 g/mol. The van der Waals surface area contributed by atoms with Gasteiger partial charge in [-0.15, -0.1) is 0 Å². The van der Waals surface area contributed by atoms with Crippen molar-refractivity contribution in [2.45, 2.75) is 58.4 Å². The van der Waals surface area contributed by atoms with Crippen molar-refractivity contribution >= 4 is 28.7 Å². The number of urea groups is 1. The van der Waals surface area contributed by atoms with Gasteiger partial charge in [0.05, 0.1) is 24.0 Å². The molecule has 2 N–H and O–H groups in total. The van der Waals surface area contributed by atoms with Crippen LogP contribution in [0, 0.1) is 0 Å². The number of aryl methyl sites for hydroxylation is 1. The lowest BCUT2D eigenvalue weighted by Gasteiger charge is -2.33. The third kappa shape index (κ3) is 4.00. The van der Waals surface area contributed by atoms with Gasteiger partial charge in [-0.3, -0.25) is 5.32 Å². The van der Waals surface area contributed by atoms with Crippen molar-refractivity contribution in [2.75, 3.05) is 11.9 Å². The summed E-state index contributed by atoms with van der Waals surface area (Å²) < 4.78 is -0.132. The number of aromatic nitrogens is 2. The van der Waals surface area contributed by atoms with E-state index in [0.717, 1.165) is 41.0 Å². The molecule has 1 aliphatic heterocycles. The zero-order valence-corrected chi connectivity index (χ0v) is 18.5. The molecule has 31 heavy (non-hydrogen) atoms. The van der Waals surface area contributed by atoms with Gasteiger partial charge < -0.3 is 4.98 Å². The van der Waals surface area contributed by atoms with Crippen LogP contribution in [0.2, 0.25) is 0 Å². The summed E-state index contributed by atoms with van der Waals surface area (Å²) in [4.78, 5) is 34.9. The SMILES string of the molecule is CC(C)c1ccccc1NC(=O)[N+]1(C(=O)CCc2nc3ccccc3[nH]2)CCC[C@H]1C. The summed E-state index contributed by atoms with van der Waals surface area (Å²) in [5.41, 5.74) is 3.73. The Bertz CT molecular complexity index is 1070. The monoisotopic (exact) mass is 419 g/mol. The highest BCUT2D eigenvalue weighted by atomic mass is 16.2. The summed E-state index contributed by atoms with van der Waals surface area (Å²) in [6.07, 6.45) is 2.52. The van der Waals surface area contributed by atoms with Crippen molar-refractivity contribution in [1.29, 1.82) is 0 Å². The van der Waals surface area contributed by atoms with E-state index in [1.165, 1.54) is 0 Å². The minimum Gasteiger partial charge on any atom is -0.342 e. The van der Waals surface area contributed by atoms with E-state index in [-0.39, 0.29) is 34.8 Å². The Kier molecular flexibility index (Phi) is 5.92. The summed E-state index contributed by atoms with van der Waals surface area (Å²) in [7, 11) is 0. The Morgan fingerprint density at radius 1 is 1.16 bits per heavy atom. The molecular formula is C25H31N4O2+. The fourth-order valence-corrected chi connectivity index (χ4v) is 4.74. The molecule has 6 heteroatoms. The number of hydrogen-bond donors (Lipinski definition) is 2. The summed E-state index contributed by atoms with van der Waals surface area (Å²) >= 11 is 0. The molecule has 0 aliphatic carbocycles. The van der Waals surface area contributed by atoms with Crippen LogP contribution in [0.15, 0.2) is 48.5 Å². The summed E-state index contributed by atoms with van der Waals surface area (Å²) in [6, 6.07) is 15.4. The van der Waals surface area contributed by atoms with Gasteiger partial charge in [-0.05, 0) is 36.6 Å². The number of para-hydroxylation sites is 3. The van der Waals surface area contributed by atoms with Crippen LogP contribution in [0.1, 0.15) is 57.3 Å². The van der Waals surface area contributed by atoms with Crippen LogP contribution < -0.4 is 5.32 Å². The number of H-pyrrole nitrogens is 1. The number of imide groups is 1. The summed E-state index contributed by atoms with van der Waals surface area (Å²) in [6.45, 7) is 6.77. The number of fused-ring (bicyclic) bond motifs is 1. The van der Waals surface area contributed by atoms with Crippen LogP contribution in [0.3, 0.4) is 0 Å². The molecule has 2 aromatic carbocycles. The standard InChI is InChI=1S/C25H30N4O2/c1-17(2)19-10-4-5-11-20(19)28-25(31)29(16-8-9-18(29)3)24(30)15-14-23-26-21-12-6-7-13-22(21)27-23/h4-7,10-13,17-18H,8-9,14-16H2,1-3H3,(H-,26,27,28,31)/p+1/t18-,29?/m1/s1. The lowest BCUT2D eigenvalue weighted by molar-refractivity contribution is -0.782. The van der Waals surface area contributed by atoms with Gasteiger partial charge in [-0.25, -0.2) is 14.6 Å². The Morgan fingerprint density at radius 2 is 1.90 bits per heavy atom. The van der Waals surface area contributed by atoms with Gasteiger partial charge in [0, 0.05) is 24.9 Å². The van der Waals surface area contributed by atoms with E-state index in [9.17, 15) is 9.59 Å². The molecule has 1 aliphatic rings.